The van der Waals surface area contributed by atoms with Crippen molar-refractivity contribution < 1.29 is 0 Å². The van der Waals surface area contributed by atoms with Crippen molar-refractivity contribution >= 4 is 27.6 Å². The molecule has 0 bridgehead atoms. The molecule has 19 heavy (non-hydrogen) atoms. The van der Waals surface area contributed by atoms with Crippen LogP contribution < -0.4 is 10.2 Å². The van der Waals surface area contributed by atoms with Crippen molar-refractivity contribution in [1.82, 2.24) is 9.97 Å². The lowest BCUT2D eigenvalue weighted by Gasteiger charge is -2.10. The average molecular weight is 318 g/mol. The summed E-state index contributed by atoms with van der Waals surface area (Å²) in [6.45, 7) is 0.667. The van der Waals surface area contributed by atoms with Crippen LogP contribution in [0.15, 0.2) is 41.1 Å². The SMILES string of the molecule is CN(C#N)c1cc(NCc2ccc(Br)cc2)ncn1. The molecule has 0 amide bonds. The van der Waals surface area contributed by atoms with Gasteiger partial charge >= 0.3 is 0 Å². The first kappa shape index (κ1) is 13.3. The van der Waals surface area contributed by atoms with Crippen LogP contribution in [0.2, 0.25) is 0 Å². The zero-order valence-corrected chi connectivity index (χ0v) is 11.9. The predicted molar refractivity (Wildman–Crippen MR) is 77.5 cm³/mol. The van der Waals surface area contributed by atoms with Gasteiger partial charge in [0.15, 0.2) is 6.19 Å². The first-order valence-electron chi connectivity index (χ1n) is 5.63. The second-order valence-corrected chi connectivity index (χ2v) is 4.82. The highest BCUT2D eigenvalue weighted by Gasteiger charge is 2.03. The summed E-state index contributed by atoms with van der Waals surface area (Å²) in [7, 11) is 1.65. The summed E-state index contributed by atoms with van der Waals surface area (Å²) in [4.78, 5) is 9.53. The standard InChI is InChI=1S/C13H12BrN5/c1-19(8-15)13-6-12(17-9-18-13)16-7-10-2-4-11(14)5-3-10/h2-6,9H,7H2,1H3,(H,16,17,18). The number of nitriles is 1. The van der Waals surface area contributed by atoms with Crippen LogP contribution in [0.5, 0.6) is 0 Å². The fourth-order valence-electron chi connectivity index (χ4n) is 1.47. The minimum Gasteiger partial charge on any atom is -0.366 e. The molecule has 96 valence electrons. The lowest BCUT2D eigenvalue weighted by Crippen LogP contribution is -2.11. The molecule has 0 radical (unpaired) electrons. The number of hydrogen-bond donors (Lipinski definition) is 1. The van der Waals surface area contributed by atoms with Gasteiger partial charge in [0.2, 0.25) is 0 Å². The van der Waals surface area contributed by atoms with E-state index in [1.54, 1.807) is 13.1 Å². The molecule has 0 spiro atoms. The quantitative estimate of drug-likeness (QED) is 0.694. The summed E-state index contributed by atoms with van der Waals surface area (Å²) in [5, 5.41) is 12.0. The molecular formula is C13H12BrN5. The third-order valence-electron chi connectivity index (χ3n) is 2.53. The molecule has 1 heterocycles. The summed E-state index contributed by atoms with van der Waals surface area (Å²) >= 11 is 3.40. The Balaban J connectivity index is 2.04. The maximum absolute atomic E-state index is 8.80. The number of halogens is 1. The van der Waals surface area contributed by atoms with Crippen LogP contribution in [-0.2, 0) is 6.54 Å². The summed E-state index contributed by atoms with van der Waals surface area (Å²) in [6.07, 6.45) is 3.44. The van der Waals surface area contributed by atoms with Crippen molar-refractivity contribution in [2.24, 2.45) is 0 Å². The number of anilines is 2. The summed E-state index contributed by atoms with van der Waals surface area (Å²) < 4.78 is 1.05. The number of hydrogen-bond acceptors (Lipinski definition) is 5. The molecule has 5 nitrogen and oxygen atoms in total. The van der Waals surface area contributed by atoms with Crippen molar-refractivity contribution in [3.63, 3.8) is 0 Å². The molecule has 2 rings (SSSR count). The van der Waals surface area contributed by atoms with Crippen molar-refractivity contribution in [3.8, 4) is 6.19 Å². The molecule has 0 saturated heterocycles. The predicted octanol–water partition coefficient (Wildman–Crippen LogP) is 2.77. The lowest BCUT2D eigenvalue weighted by atomic mass is 10.2. The molecule has 0 atom stereocenters. The summed E-state index contributed by atoms with van der Waals surface area (Å²) in [6, 6.07) is 9.78. The summed E-state index contributed by atoms with van der Waals surface area (Å²) in [5.74, 6) is 1.26. The van der Waals surface area contributed by atoms with Gasteiger partial charge in [-0.25, -0.2) is 9.97 Å². The molecule has 0 aliphatic carbocycles. The monoisotopic (exact) mass is 317 g/mol. The Kier molecular flexibility index (Phi) is 4.31. The van der Waals surface area contributed by atoms with E-state index in [4.69, 9.17) is 5.26 Å². The molecule has 1 aromatic heterocycles. The third-order valence-corrected chi connectivity index (χ3v) is 3.06. The molecule has 0 aliphatic rings. The van der Waals surface area contributed by atoms with E-state index in [9.17, 15) is 0 Å². The van der Waals surface area contributed by atoms with E-state index in [2.05, 4.69) is 31.2 Å². The Morgan fingerprint density at radius 1 is 1.32 bits per heavy atom. The number of rotatable bonds is 4. The molecule has 0 aliphatic heterocycles. The third kappa shape index (κ3) is 3.66. The zero-order chi connectivity index (χ0) is 13.7. The van der Waals surface area contributed by atoms with Crippen LogP contribution in [-0.4, -0.2) is 17.0 Å². The van der Waals surface area contributed by atoms with Gasteiger partial charge in [-0.05, 0) is 17.7 Å². The van der Waals surface area contributed by atoms with E-state index in [0.29, 0.717) is 18.2 Å². The topological polar surface area (TPSA) is 64.8 Å². The Hall–Kier alpha value is -2.13. The fraction of sp³-hybridized carbons (Fsp3) is 0.154. The van der Waals surface area contributed by atoms with Crippen molar-refractivity contribution in [2.45, 2.75) is 6.54 Å². The minimum absolute atomic E-state index is 0.566. The summed E-state index contributed by atoms with van der Waals surface area (Å²) in [5.41, 5.74) is 1.15. The first-order valence-corrected chi connectivity index (χ1v) is 6.42. The van der Waals surface area contributed by atoms with Crippen LogP contribution in [0.3, 0.4) is 0 Å². The molecule has 6 heteroatoms. The van der Waals surface area contributed by atoms with Gasteiger partial charge in [0.1, 0.15) is 18.0 Å². The second kappa shape index (κ2) is 6.16. The van der Waals surface area contributed by atoms with Crippen LogP contribution in [0.1, 0.15) is 5.56 Å². The maximum Gasteiger partial charge on any atom is 0.185 e. The van der Waals surface area contributed by atoms with Crippen LogP contribution in [0.25, 0.3) is 0 Å². The molecular weight excluding hydrogens is 306 g/mol. The largest absolute Gasteiger partial charge is 0.366 e. The van der Waals surface area contributed by atoms with Gasteiger partial charge in [0.05, 0.1) is 0 Å². The normalized spacial score (nSPS) is 9.74. The van der Waals surface area contributed by atoms with E-state index in [-0.39, 0.29) is 0 Å². The Morgan fingerprint density at radius 2 is 2.05 bits per heavy atom. The van der Waals surface area contributed by atoms with E-state index in [1.807, 2.05) is 30.5 Å². The average Bonchev–Trinajstić information content (AvgIpc) is 2.46. The Bertz CT molecular complexity index is 591. The zero-order valence-electron chi connectivity index (χ0n) is 10.3. The number of benzene rings is 1. The van der Waals surface area contributed by atoms with E-state index in [0.717, 1.165) is 10.0 Å². The fourth-order valence-corrected chi connectivity index (χ4v) is 1.74. The molecule has 0 unspecified atom stereocenters. The van der Waals surface area contributed by atoms with Gasteiger partial charge in [-0.2, -0.15) is 5.26 Å². The van der Waals surface area contributed by atoms with Gasteiger partial charge in [-0.3, -0.25) is 4.90 Å². The Labute approximate surface area is 120 Å². The smallest absolute Gasteiger partial charge is 0.185 e. The van der Waals surface area contributed by atoms with Crippen molar-refractivity contribution in [3.05, 3.63) is 46.7 Å². The maximum atomic E-state index is 8.80. The molecule has 0 saturated carbocycles. The van der Waals surface area contributed by atoms with Gasteiger partial charge < -0.3 is 5.32 Å². The first-order chi connectivity index (χ1) is 9.19. The lowest BCUT2D eigenvalue weighted by molar-refractivity contribution is 1.05. The van der Waals surface area contributed by atoms with E-state index < -0.39 is 0 Å². The van der Waals surface area contributed by atoms with E-state index in [1.165, 1.54) is 11.2 Å². The molecule has 1 aromatic carbocycles. The van der Waals surface area contributed by atoms with Gasteiger partial charge in [0.25, 0.3) is 0 Å². The highest BCUT2D eigenvalue weighted by atomic mass is 79.9. The Morgan fingerprint density at radius 3 is 2.74 bits per heavy atom. The number of aromatic nitrogens is 2. The molecule has 2 aromatic rings. The van der Waals surface area contributed by atoms with Crippen LogP contribution in [0.4, 0.5) is 11.6 Å². The van der Waals surface area contributed by atoms with E-state index >= 15 is 0 Å². The second-order valence-electron chi connectivity index (χ2n) is 3.90. The van der Waals surface area contributed by atoms with Gasteiger partial charge in [-0.1, -0.05) is 28.1 Å². The van der Waals surface area contributed by atoms with Crippen molar-refractivity contribution in [1.29, 1.82) is 5.26 Å². The van der Waals surface area contributed by atoms with Crippen molar-refractivity contribution in [2.75, 3.05) is 17.3 Å². The minimum atomic E-state index is 0.566. The van der Waals surface area contributed by atoms with Crippen LogP contribution in [0, 0.1) is 11.5 Å². The molecule has 1 N–H and O–H groups in total. The van der Waals surface area contributed by atoms with Gasteiger partial charge in [-0.15, -0.1) is 0 Å². The highest BCUT2D eigenvalue weighted by Crippen LogP contribution is 2.14. The molecule has 0 fully saturated rings. The van der Waals surface area contributed by atoms with Gasteiger partial charge in [0, 0.05) is 24.1 Å². The van der Waals surface area contributed by atoms with Crippen LogP contribution >= 0.6 is 15.9 Å². The highest BCUT2D eigenvalue weighted by molar-refractivity contribution is 9.10. The number of nitrogens with zero attached hydrogens (tertiary/aromatic N) is 4. The number of nitrogens with one attached hydrogen (secondary N) is 1.